The maximum Gasteiger partial charge on any atom is 0.182 e. The normalized spacial score (nSPS) is 16.4. The number of hydrogen-bond acceptors (Lipinski definition) is 5. The lowest BCUT2D eigenvalue weighted by Crippen LogP contribution is -2.52. The number of methoxy groups -OCH3 is 1. The van der Waals surface area contributed by atoms with Gasteiger partial charge >= 0.3 is 0 Å². The number of Topliss-reactive ketones (excluding diaryl/α,β-unsaturated/α-hetero) is 1. The molecule has 1 aliphatic heterocycles. The molecule has 3 aromatic rings. The predicted molar refractivity (Wildman–Crippen MR) is 123 cm³/mol. The summed E-state index contributed by atoms with van der Waals surface area (Å²) in [5.74, 6) is 1.88. The molecule has 0 spiro atoms. The number of fused-ring (bicyclic) bond motifs is 1. The van der Waals surface area contributed by atoms with Crippen molar-refractivity contribution < 1.29 is 14.3 Å². The van der Waals surface area contributed by atoms with Crippen molar-refractivity contribution in [1.29, 1.82) is 0 Å². The van der Waals surface area contributed by atoms with Gasteiger partial charge in [-0.2, -0.15) is 0 Å². The molecule has 0 bridgehead atoms. The molecule has 6 nitrogen and oxygen atoms in total. The molecule has 0 aliphatic carbocycles. The van der Waals surface area contributed by atoms with Crippen LogP contribution in [0.25, 0.3) is 10.9 Å². The lowest BCUT2D eigenvalue weighted by Gasteiger charge is -2.37. The number of aromatic nitrogens is 1. The van der Waals surface area contributed by atoms with Crippen molar-refractivity contribution in [1.82, 2.24) is 14.8 Å². The van der Waals surface area contributed by atoms with Gasteiger partial charge in [0.2, 0.25) is 0 Å². The first-order valence-electron chi connectivity index (χ1n) is 10.9. The first kappa shape index (κ1) is 21.4. The van der Waals surface area contributed by atoms with Crippen molar-refractivity contribution in [2.24, 2.45) is 0 Å². The molecule has 0 saturated carbocycles. The molecule has 6 heteroatoms. The lowest BCUT2D eigenvalue weighted by molar-refractivity contribution is 0.0674. The Morgan fingerprint density at radius 3 is 2.42 bits per heavy atom. The number of hydrogen-bond donors (Lipinski definition) is 1. The van der Waals surface area contributed by atoms with Gasteiger partial charge in [0, 0.05) is 54.9 Å². The monoisotopic (exact) mass is 421 g/mol. The second-order valence-corrected chi connectivity index (χ2v) is 8.11. The first-order valence-corrected chi connectivity index (χ1v) is 10.9. The van der Waals surface area contributed by atoms with Gasteiger partial charge in [-0.3, -0.25) is 14.6 Å². The van der Waals surface area contributed by atoms with Crippen LogP contribution in [0, 0.1) is 6.92 Å². The summed E-state index contributed by atoms with van der Waals surface area (Å²) >= 11 is 0. The zero-order chi connectivity index (χ0) is 21.8. The second-order valence-electron chi connectivity index (χ2n) is 8.11. The van der Waals surface area contributed by atoms with Gasteiger partial charge in [0.05, 0.1) is 13.2 Å². The molecule has 1 fully saturated rings. The highest BCUT2D eigenvalue weighted by Gasteiger charge is 2.28. The molecule has 1 aliphatic rings. The van der Waals surface area contributed by atoms with Crippen LogP contribution in [-0.4, -0.2) is 73.0 Å². The van der Waals surface area contributed by atoms with Crippen molar-refractivity contribution in [3.8, 4) is 11.5 Å². The van der Waals surface area contributed by atoms with Gasteiger partial charge in [-0.15, -0.1) is 0 Å². The molecule has 4 rings (SSSR count). The highest BCUT2D eigenvalue weighted by Crippen LogP contribution is 2.24. The Morgan fingerprint density at radius 1 is 1.03 bits per heavy atom. The molecule has 1 aromatic heterocycles. The molecule has 0 amide bonds. The maximum atomic E-state index is 13.3. The lowest BCUT2D eigenvalue weighted by atomic mass is 10.0. The van der Waals surface area contributed by atoms with E-state index in [0.717, 1.165) is 66.4 Å². The third-order valence-corrected chi connectivity index (χ3v) is 6.21. The van der Waals surface area contributed by atoms with Crippen LogP contribution in [0.3, 0.4) is 0 Å². The summed E-state index contributed by atoms with van der Waals surface area (Å²) in [5.41, 5.74) is 2.81. The summed E-state index contributed by atoms with van der Waals surface area (Å²) in [4.78, 5) is 21.3. The molecule has 2 heterocycles. The number of rotatable bonds is 8. The van der Waals surface area contributed by atoms with Crippen LogP contribution < -0.4 is 9.47 Å². The average Bonchev–Trinajstić information content (AvgIpc) is 3.14. The van der Waals surface area contributed by atoms with Gasteiger partial charge in [-0.25, -0.2) is 0 Å². The van der Waals surface area contributed by atoms with Gasteiger partial charge in [0.1, 0.15) is 18.1 Å². The molecule has 1 saturated heterocycles. The van der Waals surface area contributed by atoms with Crippen molar-refractivity contribution in [2.45, 2.75) is 19.9 Å². The smallest absolute Gasteiger partial charge is 0.182 e. The standard InChI is InChI=1S/C25H31N3O3/c1-18-24(22-6-4-5-7-23(22)26-18)25(29)19(2)28-14-12-27(13-15-28)16-17-31-21-10-8-20(30-3)9-11-21/h4-11,19,26H,12-17H2,1-3H3. The number of H-pyrrole nitrogens is 1. The third-order valence-electron chi connectivity index (χ3n) is 6.21. The largest absolute Gasteiger partial charge is 0.497 e. The van der Waals surface area contributed by atoms with Crippen LogP contribution in [0.1, 0.15) is 23.0 Å². The highest BCUT2D eigenvalue weighted by molar-refractivity contribution is 6.11. The van der Waals surface area contributed by atoms with E-state index in [1.165, 1.54) is 0 Å². The number of piperazine rings is 1. The van der Waals surface area contributed by atoms with E-state index in [1.807, 2.05) is 62.4 Å². The number of carbonyl (C=O) groups is 1. The molecular weight excluding hydrogens is 390 g/mol. The topological polar surface area (TPSA) is 57.8 Å². The van der Waals surface area contributed by atoms with E-state index < -0.39 is 0 Å². The summed E-state index contributed by atoms with van der Waals surface area (Å²) in [7, 11) is 1.66. The van der Waals surface area contributed by atoms with E-state index >= 15 is 0 Å². The number of para-hydroxylation sites is 1. The summed E-state index contributed by atoms with van der Waals surface area (Å²) in [6, 6.07) is 15.6. The van der Waals surface area contributed by atoms with Crippen LogP contribution in [-0.2, 0) is 0 Å². The Bertz CT molecular complexity index is 1020. The molecule has 164 valence electrons. The molecule has 1 unspecified atom stereocenters. The SMILES string of the molecule is COc1ccc(OCCN2CCN(C(C)C(=O)c3c(C)[nH]c4ccccc34)CC2)cc1. The van der Waals surface area contributed by atoms with E-state index in [4.69, 9.17) is 9.47 Å². The third kappa shape index (κ3) is 4.75. The molecular formula is C25H31N3O3. The Hall–Kier alpha value is -2.83. The number of ketones is 1. The zero-order valence-corrected chi connectivity index (χ0v) is 18.6. The minimum Gasteiger partial charge on any atom is -0.497 e. The highest BCUT2D eigenvalue weighted by atomic mass is 16.5. The first-order chi connectivity index (χ1) is 15.1. The fourth-order valence-corrected chi connectivity index (χ4v) is 4.31. The molecule has 2 aromatic carbocycles. The quantitative estimate of drug-likeness (QED) is 0.562. The fraction of sp³-hybridized carbons (Fsp3) is 0.400. The number of aromatic amines is 1. The minimum absolute atomic E-state index is 0.129. The second kappa shape index (κ2) is 9.54. The Morgan fingerprint density at radius 2 is 1.71 bits per heavy atom. The molecule has 1 atom stereocenters. The van der Waals surface area contributed by atoms with E-state index in [2.05, 4.69) is 14.8 Å². The summed E-state index contributed by atoms with van der Waals surface area (Å²) in [5, 5.41) is 1.02. The van der Waals surface area contributed by atoms with Crippen LogP contribution in [0.4, 0.5) is 0 Å². The van der Waals surface area contributed by atoms with Gasteiger partial charge in [-0.1, -0.05) is 18.2 Å². The summed E-state index contributed by atoms with van der Waals surface area (Å²) in [6.07, 6.45) is 0. The van der Waals surface area contributed by atoms with Crippen LogP contribution >= 0.6 is 0 Å². The molecule has 0 radical (unpaired) electrons. The number of nitrogens with zero attached hydrogens (tertiary/aromatic N) is 2. The maximum absolute atomic E-state index is 13.3. The van der Waals surface area contributed by atoms with Crippen molar-refractivity contribution >= 4 is 16.7 Å². The Balaban J connectivity index is 1.28. The van der Waals surface area contributed by atoms with E-state index in [0.29, 0.717) is 6.61 Å². The van der Waals surface area contributed by atoms with E-state index in [1.54, 1.807) is 7.11 Å². The van der Waals surface area contributed by atoms with Gasteiger partial charge in [0.15, 0.2) is 5.78 Å². The number of carbonyl (C=O) groups excluding carboxylic acids is 1. The predicted octanol–water partition coefficient (Wildman–Crippen LogP) is 3.75. The average molecular weight is 422 g/mol. The zero-order valence-electron chi connectivity index (χ0n) is 18.6. The van der Waals surface area contributed by atoms with Crippen molar-refractivity contribution in [3.05, 3.63) is 59.8 Å². The van der Waals surface area contributed by atoms with E-state index in [-0.39, 0.29) is 11.8 Å². The van der Waals surface area contributed by atoms with Gasteiger partial charge in [-0.05, 0) is 44.2 Å². The van der Waals surface area contributed by atoms with Gasteiger partial charge < -0.3 is 14.5 Å². The van der Waals surface area contributed by atoms with Crippen molar-refractivity contribution in [3.63, 3.8) is 0 Å². The van der Waals surface area contributed by atoms with Gasteiger partial charge in [0.25, 0.3) is 0 Å². The number of benzene rings is 2. The van der Waals surface area contributed by atoms with E-state index in [9.17, 15) is 4.79 Å². The Kier molecular flexibility index (Phi) is 6.59. The van der Waals surface area contributed by atoms with Crippen molar-refractivity contribution in [2.75, 3.05) is 46.4 Å². The summed E-state index contributed by atoms with van der Waals surface area (Å²) < 4.78 is 11.0. The van der Waals surface area contributed by atoms with Crippen LogP contribution in [0.2, 0.25) is 0 Å². The van der Waals surface area contributed by atoms with Crippen LogP contribution in [0.5, 0.6) is 11.5 Å². The number of aryl methyl sites for hydroxylation is 1. The summed E-state index contributed by atoms with van der Waals surface area (Å²) in [6.45, 7) is 9.20. The van der Waals surface area contributed by atoms with Crippen LogP contribution in [0.15, 0.2) is 48.5 Å². The fourth-order valence-electron chi connectivity index (χ4n) is 4.31. The molecule has 1 N–H and O–H groups in total. The number of nitrogens with one attached hydrogen (secondary N) is 1. The minimum atomic E-state index is -0.129. The Labute approximate surface area is 183 Å². The molecule has 31 heavy (non-hydrogen) atoms. The number of ether oxygens (including phenoxy) is 2.